The third-order valence-corrected chi connectivity index (χ3v) is 3.25. The van der Waals surface area contributed by atoms with Gasteiger partial charge in [-0.2, -0.15) is 0 Å². The van der Waals surface area contributed by atoms with Crippen LogP contribution in [0.5, 0.6) is 0 Å². The summed E-state index contributed by atoms with van der Waals surface area (Å²) in [5.74, 6) is 0.621. The van der Waals surface area contributed by atoms with E-state index in [9.17, 15) is 4.79 Å². The van der Waals surface area contributed by atoms with Crippen LogP contribution in [0.3, 0.4) is 0 Å². The van der Waals surface area contributed by atoms with E-state index in [4.69, 9.17) is 4.52 Å². The van der Waals surface area contributed by atoms with Crippen LogP contribution in [0.25, 0.3) is 0 Å². The van der Waals surface area contributed by atoms with Gasteiger partial charge in [-0.1, -0.05) is 11.2 Å². The summed E-state index contributed by atoms with van der Waals surface area (Å²) < 4.78 is 5.25. The molecule has 2 aromatic rings. The Labute approximate surface area is 112 Å². The number of hydrogen-bond donors (Lipinski definition) is 1. The Morgan fingerprint density at radius 1 is 1.21 bits per heavy atom. The van der Waals surface area contributed by atoms with Crippen LogP contribution >= 0.6 is 0 Å². The Morgan fingerprint density at radius 3 is 2.42 bits per heavy atom. The summed E-state index contributed by atoms with van der Waals surface area (Å²) in [6.45, 7) is 9.34. The van der Waals surface area contributed by atoms with Gasteiger partial charge < -0.3 is 9.84 Å². The van der Waals surface area contributed by atoms with Crippen LogP contribution in [0.15, 0.2) is 16.7 Å². The van der Waals surface area contributed by atoms with Crippen LogP contribution in [0.4, 0.5) is 11.6 Å². The molecule has 0 saturated carbocycles. The third kappa shape index (κ3) is 2.52. The maximum atomic E-state index is 11.8. The highest BCUT2D eigenvalue weighted by Gasteiger charge is 2.15. The van der Waals surface area contributed by atoms with Crippen LogP contribution in [0.2, 0.25) is 0 Å². The molecule has 19 heavy (non-hydrogen) atoms. The lowest BCUT2D eigenvalue weighted by atomic mass is 10.0. The molecule has 0 unspecified atom stereocenters. The second kappa shape index (κ2) is 4.88. The molecular weight excluding hydrogens is 240 g/mol. The van der Waals surface area contributed by atoms with E-state index in [0.29, 0.717) is 11.4 Å². The van der Waals surface area contributed by atoms with Gasteiger partial charge in [0.1, 0.15) is 0 Å². The van der Waals surface area contributed by atoms with Crippen molar-refractivity contribution in [2.75, 3.05) is 5.32 Å². The normalized spacial score (nSPS) is 10.6. The first-order chi connectivity index (χ1) is 8.90. The smallest absolute Gasteiger partial charge is 0.232 e. The molecule has 2 rings (SSSR count). The second-order valence-electron chi connectivity index (χ2n) is 4.91. The van der Waals surface area contributed by atoms with Gasteiger partial charge >= 0.3 is 0 Å². The zero-order valence-electron chi connectivity index (χ0n) is 11.9. The Bertz CT molecular complexity index is 642. The molecule has 4 nitrogen and oxygen atoms in total. The van der Waals surface area contributed by atoms with Gasteiger partial charge in [-0.3, -0.25) is 4.79 Å². The fraction of sp³-hybridized carbons (Fsp3) is 0.333. The van der Waals surface area contributed by atoms with E-state index in [0.717, 1.165) is 28.1 Å². The zero-order valence-corrected chi connectivity index (χ0v) is 11.9. The molecule has 0 aliphatic carbocycles. The van der Waals surface area contributed by atoms with Crippen LogP contribution in [-0.2, 0) is 0 Å². The molecule has 0 saturated heterocycles. The first-order valence-corrected chi connectivity index (χ1v) is 6.22. The van der Waals surface area contributed by atoms with E-state index < -0.39 is 0 Å². The van der Waals surface area contributed by atoms with Crippen LogP contribution in [0, 0.1) is 27.7 Å². The number of nitrogens with zero attached hydrogens (tertiary/aromatic N) is 1. The Kier molecular flexibility index (Phi) is 3.42. The van der Waals surface area contributed by atoms with Crippen molar-refractivity contribution in [3.8, 4) is 0 Å². The van der Waals surface area contributed by atoms with Gasteiger partial charge in [-0.15, -0.1) is 0 Å². The van der Waals surface area contributed by atoms with Crippen molar-refractivity contribution in [3.05, 3.63) is 40.1 Å². The van der Waals surface area contributed by atoms with Crippen molar-refractivity contribution in [2.24, 2.45) is 0 Å². The molecule has 0 atom stereocenters. The minimum atomic E-state index is 0.0307. The average molecular weight is 258 g/mol. The number of nitrogens with one attached hydrogen (secondary N) is 1. The van der Waals surface area contributed by atoms with Gasteiger partial charge in [0.15, 0.2) is 5.78 Å². The van der Waals surface area contributed by atoms with Crippen molar-refractivity contribution in [1.29, 1.82) is 0 Å². The number of benzene rings is 1. The Balaban J connectivity index is 2.50. The molecule has 4 heteroatoms. The van der Waals surface area contributed by atoms with Crippen molar-refractivity contribution in [1.82, 2.24) is 5.16 Å². The van der Waals surface area contributed by atoms with E-state index >= 15 is 0 Å². The molecule has 100 valence electrons. The fourth-order valence-corrected chi connectivity index (χ4v) is 2.06. The molecule has 0 aliphatic heterocycles. The standard InChI is InChI=1S/C15H18N2O2/c1-8-6-9(2)14(13(7-8)12(5)18)16-15-10(3)11(4)17-19-15/h6-7,16H,1-5H3. The zero-order chi connectivity index (χ0) is 14.2. The van der Waals surface area contributed by atoms with Gasteiger partial charge in [-0.05, 0) is 51.8 Å². The van der Waals surface area contributed by atoms with Crippen molar-refractivity contribution in [3.63, 3.8) is 0 Å². The van der Waals surface area contributed by atoms with Gasteiger partial charge in [-0.25, -0.2) is 0 Å². The molecule has 0 bridgehead atoms. The van der Waals surface area contributed by atoms with Gasteiger partial charge in [0, 0.05) is 11.1 Å². The maximum absolute atomic E-state index is 11.8. The minimum absolute atomic E-state index is 0.0307. The summed E-state index contributed by atoms with van der Waals surface area (Å²) in [5.41, 5.74) is 5.34. The highest BCUT2D eigenvalue weighted by molar-refractivity contribution is 6.01. The van der Waals surface area contributed by atoms with Crippen LogP contribution in [-0.4, -0.2) is 10.9 Å². The molecule has 0 radical (unpaired) electrons. The van der Waals surface area contributed by atoms with Crippen molar-refractivity contribution < 1.29 is 9.32 Å². The van der Waals surface area contributed by atoms with Crippen molar-refractivity contribution >= 4 is 17.4 Å². The third-order valence-electron chi connectivity index (χ3n) is 3.25. The summed E-state index contributed by atoms with van der Waals surface area (Å²) in [6.07, 6.45) is 0. The van der Waals surface area contributed by atoms with Gasteiger partial charge in [0.2, 0.25) is 5.88 Å². The lowest BCUT2D eigenvalue weighted by Crippen LogP contribution is -2.03. The van der Waals surface area contributed by atoms with E-state index in [-0.39, 0.29) is 5.78 Å². The first kappa shape index (κ1) is 13.3. The molecular formula is C15H18N2O2. The maximum Gasteiger partial charge on any atom is 0.232 e. The van der Waals surface area contributed by atoms with E-state index in [2.05, 4.69) is 10.5 Å². The number of Topliss-reactive ketones (excluding diaryl/α,β-unsaturated/α-hetero) is 1. The second-order valence-corrected chi connectivity index (χ2v) is 4.91. The predicted octanol–water partition coefficient (Wildman–Crippen LogP) is 3.85. The lowest BCUT2D eigenvalue weighted by molar-refractivity contribution is 0.101. The molecule has 1 heterocycles. The van der Waals surface area contributed by atoms with E-state index in [1.54, 1.807) is 6.92 Å². The molecule has 1 N–H and O–H groups in total. The molecule has 0 spiro atoms. The molecule has 0 aliphatic rings. The highest BCUT2D eigenvalue weighted by atomic mass is 16.5. The number of carbonyl (C=O) groups is 1. The summed E-state index contributed by atoms with van der Waals surface area (Å²) in [4.78, 5) is 11.8. The Morgan fingerprint density at radius 2 is 1.89 bits per heavy atom. The van der Waals surface area contributed by atoms with Crippen LogP contribution < -0.4 is 5.32 Å². The summed E-state index contributed by atoms with van der Waals surface area (Å²) >= 11 is 0. The first-order valence-electron chi connectivity index (χ1n) is 6.22. The topological polar surface area (TPSA) is 55.1 Å². The average Bonchev–Trinajstić information content (AvgIpc) is 2.63. The van der Waals surface area contributed by atoms with E-state index in [1.807, 2.05) is 39.8 Å². The number of aromatic nitrogens is 1. The van der Waals surface area contributed by atoms with Crippen LogP contribution in [0.1, 0.15) is 39.7 Å². The van der Waals surface area contributed by atoms with Crippen molar-refractivity contribution in [2.45, 2.75) is 34.6 Å². The largest absolute Gasteiger partial charge is 0.338 e. The number of ketones is 1. The number of carbonyl (C=O) groups excluding carboxylic acids is 1. The summed E-state index contributed by atoms with van der Waals surface area (Å²) in [7, 11) is 0. The summed E-state index contributed by atoms with van der Waals surface area (Å²) in [6, 6.07) is 3.92. The summed E-state index contributed by atoms with van der Waals surface area (Å²) in [5, 5.41) is 7.10. The van der Waals surface area contributed by atoms with E-state index in [1.165, 1.54) is 0 Å². The fourth-order valence-electron chi connectivity index (χ4n) is 2.06. The SMILES string of the molecule is CC(=O)c1cc(C)cc(C)c1Nc1onc(C)c1C. The molecule has 0 fully saturated rings. The highest BCUT2D eigenvalue weighted by Crippen LogP contribution is 2.29. The molecule has 0 amide bonds. The van der Waals surface area contributed by atoms with Gasteiger partial charge in [0.05, 0.1) is 11.4 Å². The molecule has 1 aromatic carbocycles. The minimum Gasteiger partial charge on any atom is -0.338 e. The number of hydrogen-bond acceptors (Lipinski definition) is 4. The Hall–Kier alpha value is -2.10. The number of aryl methyl sites for hydroxylation is 3. The quantitative estimate of drug-likeness (QED) is 0.849. The molecule has 1 aromatic heterocycles. The lowest BCUT2D eigenvalue weighted by Gasteiger charge is -2.13. The predicted molar refractivity (Wildman–Crippen MR) is 75.2 cm³/mol. The number of anilines is 2. The number of rotatable bonds is 3. The van der Waals surface area contributed by atoms with Gasteiger partial charge in [0.25, 0.3) is 0 Å². The monoisotopic (exact) mass is 258 g/mol.